The number of ether oxygens (including phenoxy) is 1. The van der Waals surface area contributed by atoms with Crippen LogP contribution in [0.5, 0.6) is 5.75 Å². The third-order valence-corrected chi connectivity index (χ3v) is 4.70. The molecule has 1 unspecified atom stereocenters. The molecule has 0 aliphatic heterocycles. The largest absolute Gasteiger partial charge is 0.487 e. The van der Waals surface area contributed by atoms with Gasteiger partial charge in [-0.25, -0.2) is 9.67 Å². The molecule has 1 atom stereocenters. The molecule has 0 aliphatic carbocycles. The van der Waals surface area contributed by atoms with Crippen molar-refractivity contribution in [3.63, 3.8) is 0 Å². The first kappa shape index (κ1) is 18.8. The van der Waals surface area contributed by atoms with E-state index < -0.39 is 0 Å². The number of nitrogens with one attached hydrogen (secondary N) is 1. The minimum absolute atomic E-state index is 0.220. The molecule has 29 heavy (non-hydrogen) atoms. The normalized spacial score (nSPS) is 11.9. The molecule has 2 aromatic heterocycles. The Kier molecular flexibility index (Phi) is 5.92. The van der Waals surface area contributed by atoms with Crippen LogP contribution in [0.2, 0.25) is 0 Å². The number of pyridine rings is 1. The van der Waals surface area contributed by atoms with Crippen molar-refractivity contribution in [2.24, 2.45) is 0 Å². The summed E-state index contributed by atoms with van der Waals surface area (Å²) in [6.07, 6.45) is 5.00. The van der Waals surface area contributed by atoms with Gasteiger partial charge in [-0.05, 0) is 54.4 Å². The molecule has 1 N–H and O–H groups in total. The van der Waals surface area contributed by atoms with Crippen LogP contribution in [0.15, 0.2) is 85.6 Å². The van der Waals surface area contributed by atoms with E-state index in [1.54, 1.807) is 17.2 Å². The maximum atomic E-state index is 5.87. The van der Waals surface area contributed by atoms with Gasteiger partial charge < -0.3 is 10.1 Å². The van der Waals surface area contributed by atoms with Gasteiger partial charge in [-0.15, -0.1) is 0 Å². The van der Waals surface area contributed by atoms with Crippen LogP contribution < -0.4 is 10.1 Å². The molecule has 0 aliphatic rings. The highest BCUT2D eigenvalue weighted by atomic mass is 16.5. The molecule has 6 nitrogen and oxygen atoms in total. The molecule has 0 amide bonds. The molecule has 6 heteroatoms. The summed E-state index contributed by atoms with van der Waals surface area (Å²) in [5, 5.41) is 7.72. The number of benzene rings is 2. The number of hydrogen-bond donors (Lipinski definition) is 1. The summed E-state index contributed by atoms with van der Waals surface area (Å²) in [7, 11) is 0. The number of nitrogens with zero attached hydrogens (tertiary/aromatic N) is 4. The predicted octanol–water partition coefficient (Wildman–Crippen LogP) is 4.09. The smallest absolute Gasteiger partial charge is 0.138 e. The van der Waals surface area contributed by atoms with Crippen LogP contribution in [-0.4, -0.2) is 19.7 Å². The highest BCUT2D eigenvalue weighted by Crippen LogP contribution is 2.18. The van der Waals surface area contributed by atoms with Gasteiger partial charge in [0.05, 0.1) is 11.4 Å². The van der Waals surface area contributed by atoms with Crippen molar-refractivity contribution >= 4 is 0 Å². The first-order valence-corrected chi connectivity index (χ1v) is 9.58. The third kappa shape index (κ3) is 5.06. The second kappa shape index (κ2) is 9.12. The SMILES string of the molecule is CC(NCc1cccc(OCc2ccccn2)c1)c1ccc(-n2cncn2)cc1. The zero-order chi connectivity index (χ0) is 19.9. The standard InChI is InChI=1S/C23H23N5O/c1-18(20-8-10-22(11-9-20)28-17-24-16-27-28)26-14-19-5-4-7-23(13-19)29-15-21-6-2-3-12-25-21/h2-13,16-18,26H,14-15H2,1H3. The van der Waals surface area contributed by atoms with Crippen LogP contribution in [0.25, 0.3) is 5.69 Å². The van der Waals surface area contributed by atoms with E-state index >= 15 is 0 Å². The Morgan fingerprint density at radius 1 is 1.03 bits per heavy atom. The summed E-state index contributed by atoms with van der Waals surface area (Å²) in [5.74, 6) is 0.847. The zero-order valence-corrected chi connectivity index (χ0v) is 16.3. The van der Waals surface area contributed by atoms with Gasteiger partial charge in [0.25, 0.3) is 0 Å². The van der Waals surface area contributed by atoms with E-state index in [0.717, 1.165) is 23.7 Å². The van der Waals surface area contributed by atoms with E-state index in [9.17, 15) is 0 Å². The number of hydrogen-bond acceptors (Lipinski definition) is 5. The molecule has 0 bridgehead atoms. The van der Waals surface area contributed by atoms with E-state index in [1.165, 1.54) is 17.5 Å². The molecule has 0 fully saturated rings. The molecule has 0 saturated carbocycles. The van der Waals surface area contributed by atoms with Crippen LogP contribution in [0.1, 0.15) is 29.8 Å². The van der Waals surface area contributed by atoms with Crippen molar-refractivity contribution in [1.82, 2.24) is 25.1 Å². The van der Waals surface area contributed by atoms with E-state index in [0.29, 0.717) is 6.61 Å². The first-order valence-electron chi connectivity index (χ1n) is 9.58. The lowest BCUT2D eigenvalue weighted by atomic mass is 10.1. The molecule has 146 valence electrons. The lowest BCUT2D eigenvalue weighted by Gasteiger charge is -2.15. The van der Waals surface area contributed by atoms with Gasteiger partial charge in [0.2, 0.25) is 0 Å². The van der Waals surface area contributed by atoms with Crippen molar-refractivity contribution in [3.05, 3.63) is 102 Å². The predicted molar refractivity (Wildman–Crippen MR) is 112 cm³/mol. The lowest BCUT2D eigenvalue weighted by Crippen LogP contribution is -2.18. The quantitative estimate of drug-likeness (QED) is 0.495. The Labute approximate surface area is 170 Å². The monoisotopic (exact) mass is 385 g/mol. The molecule has 4 aromatic rings. The van der Waals surface area contributed by atoms with Crippen LogP contribution in [-0.2, 0) is 13.2 Å². The Balaban J connectivity index is 1.32. The fourth-order valence-electron chi connectivity index (χ4n) is 3.03. The van der Waals surface area contributed by atoms with E-state index in [-0.39, 0.29) is 6.04 Å². The van der Waals surface area contributed by atoms with E-state index in [1.807, 2.05) is 42.5 Å². The van der Waals surface area contributed by atoms with E-state index in [4.69, 9.17) is 4.74 Å². The molecule has 4 rings (SSSR count). The second-order valence-electron chi connectivity index (χ2n) is 6.79. The summed E-state index contributed by atoms with van der Waals surface area (Å²) in [6.45, 7) is 3.38. The first-order chi connectivity index (χ1) is 14.3. The summed E-state index contributed by atoms with van der Waals surface area (Å²) < 4.78 is 7.62. The van der Waals surface area contributed by atoms with Crippen LogP contribution in [0, 0.1) is 0 Å². The maximum Gasteiger partial charge on any atom is 0.138 e. The summed E-state index contributed by atoms with van der Waals surface area (Å²) >= 11 is 0. The van der Waals surface area contributed by atoms with Gasteiger partial charge in [-0.3, -0.25) is 4.98 Å². The van der Waals surface area contributed by atoms with Gasteiger partial charge in [-0.1, -0.05) is 30.3 Å². The topological polar surface area (TPSA) is 64.9 Å². The molecule has 0 saturated heterocycles. The molecule has 0 spiro atoms. The van der Waals surface area contributed by atoms with Crippen molar-refractivity contribution in [3.8, 4) is 11.4 Å². The maximum absolute atomic E-state index is 5.87. The van der Waals surface area contributed by atoms with Crippen LogP contribution in [0.4, 0.5) is 0 Å². The minimum atomic E-state index is 0.220. The van der Waals surface area contributed by atoms with Gasteiger partial charge >= 0.3 is 0 Å². The van der Waals surface area contributed by atoms with Crippen LogP contribution in [0.3, 0.4) is 0 Å². The van der Waals surface area contributed by atoms with Gasteiger partial charge in [0.15, 0.2) is 0 Å². The van der Waals surface area contributed by atoms with E-state index in [2.05, 4.69) is 51.6 Å². The van der Waals surface area contributed by atoms with Crippen molar-refractivity contribution < 1.29 is 4.74 Å². The summed E-state index contributed by atoms with van der Waals surface area (Å²) in [4.78, 5) is 8.27. The molecular weight excluding hydrogens is 362 g/mol. The van der Waals surface area contributed by atoms with Crippen molar-refractivity contribution in [2.75, 3.05) is 0 Å². The Morgan fingerprint density at radius 2 is 1.93 bits per heavy atom. The highest BCUT2D eigenvalue weighted by Gasteiger charge is 2.06. The third-order valence-electron chi connectivity index (χ3n) is 4.70. The molecular formula is C23H23N5O. The highest BCUT2D eigenvalue weighted by molar-refractivity contribution is 5.34. The average molecular weight is 385 g/mol. The Morgan fingerprint density at radius 3 is 2.69 bits per heavy atom. The fraction of sp³-hybridized carbons (Fsp3) is 0.174. The fourth-order valence-corrected chi connectivity index (χ4v) is 3.03. The number of aromatic nitrogens is 4. The number of rotatable bonds is 8. The van der Waals surface area contributed by atoms with Gasteiger partial charge in [-0.2, -0.15) is 5.10 Å². The van der Waals surface area contributed by atoms with Crippen molar-refractivity contribution in [2.45, 2.75) is 26.1 Å². The second-order valence-corrected chi connectivity index (χ2v) is 6.79. The minimum Gasteiger partial charge on any atom is -0.487 e. The lowest BCUT2D eigenvalue weighted by molar-refractivity contribution is 0.301. The van der Waals surface area contributed by atoms with Crippen molar-refractivity contribution in [1.29, 1.82) is 0 Å². The van der Waals surface area contributed by atoms with Crippen LogP contribution >= 0.6 is 0 Å². The zero-order valence-electron chi connectivity index (χ0n) is 16.3. The average Bonchev–Trinajstić information content (AvgIpc) is 3.32. The molecule has 2 aromatic carbocycles. The summed E-state index contributed by atoms with van der Waals surface area (Å²) in [5.41, 5.74) is 4.31. The molecule has 2 heterocycles. The van der Waals surface area contributed by atoms with Gasteiger partial charge in [0.1, 0.15) is 25.0 Å². The molecule has 0 radical (unpaired) electrons. The summed E-state index contributed by atoms with van der Waals surface area (Å²) in [6, 6.07) is 22.5. The van der Waals surface area contributed by atoms with Gasteiger partial charge in [0, 0.05) is 18.8 Å². The Bertz CT molecular complexity index is 1020. The Hall–Kier alpha value is -3.51.